The van der Waals surface area contributed by atoms with Crippen LogP contribution >= 0.6 is 0 Å². The van der Waals surface area contributed by atoms with Gasteiger partial charge in [-0.1, -0.05) is 26.3 Å². The standard InChI is InChI=1S/C11H20O/c1-5-10-7-12-9(4)6-11(10)8(2)3/h8-9H,5-7H2,1-4H3. The van der Waals surface area contributed by atoms with Crippen molar-refractivity contribution >= 4 is 0 Å². The monoisotopic (exact) mass is 168 g/mol. The second-order valence-corrected chi connectivity index (χ2v) is 3.96. The van der Waals surface area contributed by atoms with E-state index >= 15 is 0 Å². The van der Waals surface area contributed by atoms with E-state index in [9.17, 15) is 0 Å². The fraction of sp³-hybridized carbons (Fsp3) is 0.818. The molecule has 0 radical (unpaired) electrons. The Morgan fingerprint density at radius 3 is 2.67 bits per heavy atom. The molecule has 1 heterocycles. The summed E-state index contributed by atoms with van der Waals surface area (Å²) in [5.41, 5.74) is 3.17. The van der Waals surface area contributed by atoms with Gasteiger partial charge in [-0.3, -0.25) is 0 Å². The van der Waals surface area contributed by atoms with Crippen molar-refractivity contribution in [3.8, 4) is 0 Å². The third-order valence-corrected chi connectivity index (χ3v) is 2.63. The van der Waals surface area contributed by atoms with Gasteiger partial charge in [-0.25, -0.2) is 0 Å². The predicted molar refractivity (Wildman–Crippen MR) is 52.2 cm³/mol. The van der Waals surface area contributed by atoms with E-state index in [1.54, 1.807) is 5.57 Å². The summed E-state index contributed by atoms with van der Waals surface area (Å²) in [6, 6.07) is 0. The van der Waals surface area contributed by atoms with Crippen LogP contribution in [0.1, 0.15) is 40.5 Å². The Morgan fingerprint density at radius 1 is 1.50 bits per heavy atom. The highest BCUT2D eigenvalue weighted by molar-refractivity contribution is 5.19. The van der Waals surface area contributed by atoms with Gasteiger partial charge in [-0.05, 0) is 31.3 Å². The Kier molecular flexibility index (Phi) is 3.33. The van der Waals surface area contributed by atoms with Crippen molar-refractivity contribution in [1.29, 1.82) is 0 Å². The Bertz CT molecular complexity index is 179. The molecule has 1 nitrogen and oxygen atoms in total. The summed E-state index contributed by atoms with van der Waals surface area (Å²) in [5.74, 6) is 0.700. The van der Waals surface area contributed by atoms with E-state index < -0.39 is 0 Å². The Balaban J connectivity index is 2.77. The molecule has 0 bridgehead atoms. The van der Waals surface area contributed by atoms with Crippen molar-refractivity contribution in [2.75, 3.05) is 6.61 Å². The fourth-order valence-corrected chi connectivity index (χ4v) is 1.82. The summed E-state index contributed by atoms with van der Waals surface area (Å²) in [6.45, 7) is 9.81. The SMILES string of the molecule is CCC1=C(C(C)C)CC(C)OC1. The molecule has 0 saturated heterocycles. The molecule has 0 amide bonds. The summed E-state index contributed by atoms with van der Waals surface area (Å²) >= 11 is 0. The van der Waals surface area contributed by atoms with E-state index in [-0.39, 0.29) is 0 Å². The van der Waals surface area contributed by atoms with Crippen molar-refractivity contribution in [1.82, 2.24) is 0 Å². The molecular weight excluding hydrogens is 148 g/mol. The second-order valence-electron chi connectivity index (χ2n) is 3.96. The van der Waals surface area contributed by atoms with Crippen LogP contribution in [0.3, 0.4) is 0 Å². The number of hydrogen-bond donors (Lipinski definition) is 0. The average Bonchev–Trinajstić information content (AvgIpc) is 2.04. The zero-order chi connectivity index (χ0) is 9.14. The first-order valence-corrected chi connectivity index (χ1v) is 4.97. The van der Waals surface area contributed by atoms with Crippen LogP contribution in [0.25, 0.3) is 0 Å². The third kappa shape index (κ3) is 2.10. The molecule has 0 saturated carbocycles. The molecule has 1 aliphatic rings. The van der Waals surface area contributed by atoms with Crippen molar-refractivity contribution in [3.63, 3.8) is 0 Å². The molecule has 1 atom stereocenters. The van der Waals surface area contributed by atoms with E-state index in [1.165, 1.54) is 5.57 Å². The van der Waals surface area contributed by atoms with Gasteiger partial charge in [0.15, 0.2) is 0 Å². The molecule has 0 aromatic heterocycles. The van der Waals surface area contributed by atoms with Crippen LogP contribution in [0.5, 0.6) is 0 Å². The maximum Gasteiger partial charge on any atom is 0.0683 e. The quantitative estimate of drug-likeness (QED) is 0.575. The van der Waals surface area contributed by atoms with Crippen molar-refractivity contribution in [2.24, 2.45) is 5.92 Å². The van der Waals surface area contributed by atoms with Crippen LogP contribution in [0.15, 0.2) is 11.1 Å². The summed E-state index contributed by atoms with van der Waals surface area (Å²) in [7, 11) is 0. The van der Waals surface area contributed by atoms with Crippen LogP contribution < -0.4 is 0 Å². The lowest BCUT2D eigenvalue weighted by Crippen LogP contribution is -2.21. The first kappa shape index (κ1) is 9.79. The lowest BCUT2D eigenvalue weighted by Gasteiger charge is -2.27. The molecule has 0 aliphatic carbocycles. The van der Waals surface area contributed by atoms with Crippen LogP contribution in [0.4, 0.5) is 0 Å². The van der Waals surface area contributed by atoms with E-state index in [0.29, 0.717) is 12.0 Å². The van der Waals surface area contributed by atoms with Gasteiger partial charge in [-0.15, -0.1) is 0 Å². The topological polar surface area (TPSA) is 9.23 Å². The Morgan fingerprint density at radius 2 is 2.17 bits per heavy atom. The molecule has 0 fully saturated rings. The van der Waals surface area contributed by atoms with Gasteiger partial charge in [0.05, 0.1) is 12.7 Å². The van der Waals surface area contributed by atoms with Gasteiger partial charge < -0.3 is 4.74 Å². The molecule has 0 aromatic carbocycles. The van der Waals surface area contributed by atoms with Crippen LogP contribution in [-0.4, -0.2) is 12.7 Å². The molecule has 70 valence electrons. The number of rotatable bonds is 2. The minimum absolute atomic E-state index is 0.428. The van der Waals surface area contributed by atoms with E-state index in [2.05, 4.69) is 27.7 Å². The maximum atomic E-state index is 5.60. The fourth-order valence-electron chi connectivity index (χ4n) is 1.82. The van der Waals surface area contributed by atoms with E-state index in [4.69, 9.17) is 4.74 Å². The maximum absolute atomic E-state index is 5.60. The minimum Gasteiger partial charge on any atom is -0.374 e. The Hall–Kier alpha value is -0.300. The molecule has 0 aromatic rings. The smallest absolute Gasteiger partial charge is 0.0683 e. The second kappa shape index (κ2) is 4.08. The van der Waals surface area contributed by atoms with Crippen LogP contribution in [0, 0.1) is 5.92 Å². The summed E-state index contributed by atoms with van der Waals surface area (Å²) < 4.78 is 5.60. The first-order valence-electron chi connectivity index (χ1n) is 4.97. The highest BCUT2D eigenvalue weighted by atomic mass is 16.5. The normalized spacial score (nSPS) is 25.2. The number of ether oxygens (including phenoxy) is 1. The molecule has 1 rings (SSSR count). The Labute approximate surface area is 75.8 Å². The van der Waals surface area contributed by atoms with Crippen molar-refractivity contribution < 1.29 is 4.74 Å². The molecule has 12 heavy (non-hydrogen) atoms. The molecule has 1 heteroatoms. The molecular formula is C11H20O. The third-order valence-electron chi connectivity index (χ3n) is 2.63. The zero-order valence-electron chi connectivity index (χ0n) is 8.68. The highest BCUT2D eigenvalue weighted by Gasteiger charge is 2.18. The lowest BCUT2D eigenvalue weighted by atomic mass is 9.90. The largest absolute Gasteiger partial charge is 0.374 e. The van der Waals surface area contributed by atoms with Crippen LogP contribution in [0.2, 0.25) is 0 Å². The first-order chi connectivity index (χ1) is 5.65. The molecule has 1 aliphatic heterocycles. The zero-order valence-corrected chi connectivity index (χ0v) is 8.68. The van der Waals surface area contributed by atoms with Crippen molar-refractivity contribution in [3.05, 3.63) is 11.1 Å². The van der Waals surface area contributed by atoms with E-state index in [1.807, 2.05) is 0 Å². The van der Waals surface area contributed by atoms with Crippen molar-refractivity contribution in [2.45, 2.75) is 46.6 Å². The lowest BCUT2D eigenvalue weighted by molar-refractivity contribution is 0.0674. The highest BCUT2D eigenvalue weighted by Crippen LogP contribution is 2.27. The van der Waals surface area contributed by atoms with Gasteiger partial charge in [0, 0.05) is 0 Å². The average molecular weight is 168 g/mol. The summed E-state index contributed by atoms with van der Waals surface area (Å²) in [4.78, 5) is 0. The minimum atomic E-state index is 0.428. The summed E-state index contributed by atoms with van der Waals surface area (Å²) in [6.07, 6.45) is 2.72. The van der Waals surface area contributed by atoms with Gasteiger partial charge >= 0.3 is 0 Å². The van der Waals surface area contributed by atoms with E-state index in [0.717, 1.165) is 19.4 Å². The molecule has 1 unspecified atom stereocenters. The van der Waals surface area contributed by atoms with Gasteiger partial charge in [-0.2, -0.15) is 0 Å². The van der Waals surface area contributed by atoms with Gasteiger partial charge in [0.2, 0.25) is 0 Å². The predicted octanol–water partition coefficient (Wildman–Crippen LogP) is 3.16. The summed E-state index contributed by atoms with van der Waals surface area (Å²) in [5, 5.41) is 0. The van der Waals surface area contributed by atoms with Gasteiger partial charge in [0.1, 0.15) is 0 Å². The molecule has 0 spiro atoms. The van der Waals surface area contributed by atoms with Crippen LogP contribution in [-0.2, 0) is 4.74 Å². The molecule has 0 N–H and O–H groups in total. The number of hydrogen-bond acceptors (Lipinski definition) is 1. The van der Waals surface area contributed by atoms with Gasteiger partial charge in [0.25, 0.3) is 0 Å².